The van der Waals surface area contributed by atoms with Crippen LogP contribution in [0.3, 0.4) is 0 Å². The molecule has 0 heterocycles. The van der Waals surface area contributed by atoms with Gasteiger partial charge in [0.15, 0.2) is 0 Å². The molecule has 0 unspecified atom stereocenters. The minimum absolute atomic E-state index is 0. The first-order valence-electron chi connectivity index (χ1n) is 11.5. The number of hydrogen-bond donors (Lipinski definition) is 17. The van der Waals surface area contributed by atoms with Gasteiger partial charge in [-0.3, -0.25) is 0 Å². The van der Waals surface area contributed by atoms with Crippen LogP contribution in [0.15, 0.2) is 0 Å². The average Bonchev–Trinajstić information content (AvgIpc) is 3.05. The molecule has 0 aliphatic heterocycles. The molecule has 0 saturated carbocycles. The van der Waals surface area contributed by atoms with Gasteiger partial charge in [0, 0.05) is 334 Å². The molecule has 0 radical (unpaired) electrons. The van der Waals surface area contributed by atoms with Crippen molar-refractivity contribution in [3.63, 3.8) is 0 Å². The van der Waals surface area contributed by atoms with Crippen LogP contribution in [-0.4, -0.2) is 258 Å². The van der Waals surface area contributed by atoms with Crippen LogP contribution < -0.4 is 0 Å². The van der Waals surface area contributed by atoms with Gasteiger partial charge >= 0.3 is 0 Å². The molecule has 27 nitrogen and oxygen atoms in total. The van der Waals surface area contributed by atoms with Gasteiger partial charge in [-0.15, -0.1) is 0 Å². The van der Waals surface area contributed by atoms with Crippen LogP contribution in [0.25, 0.3) is 0 Å². The van der Waals surface area contributed by atoms with Crippen molar-refractivity contribution in [1.29, 1.82) is 0 Å². The first-order valence-corrected chi connectivity index (χ1v) is 11.5. The molecule has 0 aliphatic rings. The fraction of sp³-hybridized carbons (Fsp3) is 0.962. The molecule has 0 aliphatic carbocycles. The Kier molecular flexibility index (Phi) is 4940. The minimum Gasteiger partial charge on any atom is -0.412 e. The molecular formula is C26H107O27Ti10-. The SMILES string of the molecule is CC(C)O.CC(C)O.CC(C)O.CC(C)O.CO.CO.CO.CO.CO.CO.CO.CO.CO.CO.CO.CO.CO.O.O.O.O.O.O.O.O.O.O.[CH3-].[Ti].[Ti].[Ti].[Ti].[Ti].[Ti].[Ti].[Ti].[Ti].[Ti]. The smallest absolute Gasteiger partial charge is 0.0483 e. The van der Waals surface area contributed by atoms with Crippen LogP contribution in [0.5, 0.6) is 0 Å². The van der Waals surface area contributed by atoms with Crippen molar-refractivity contribution in [3.8, 4) is 0 Å². The Bertz CT molecular complexity index is 136. The summed E-state index contributed by atoms with van der Waals surface area (Å²) in [5.74, 6) is 0. The van der Waals surface area contributed by atoms with E-state index in [0.29, 0.717) is 0 Å². The topological polar surface area (TPSA) is 659 Å². The second kappa shape index (κ2) is 938. The maximum Gasteiger partial charge on any atom is 0.0483 e. The van der Waals surface area contributed by atoms with Gasteiger partial charge in [0.1, 0.15) is 0 Å². The zero-order valence-electron chi connectivity index (χ0n) is 41.9. The van der Waals surface area contributed by atoms with E-state index >= 15 is 0 Å². The summed E-state index contributed by atoms with van der Waals surface area (Å²) in [5.41, 5.74) is 0. The second-order valence-electron chi connectivity index (χ2n) is 4.37. The molecule has 0 rings (SSSR count). The molecule has 414 valence electrons. The Labute approximate surface area is 531 Å². The summed E-state index contributed by atoms with van der Waals surface area (Å²) in [6, 6.07) is 0. The summed E-state index contributed by atoms with van der Waals surface area (Å²) < 4.78 is 0. The van der Waals surface area contributed by atoms with E-state index in [1.807, 2.05) is 0 Å². The molecule has 37 N–H and O–H groups in total. The molecule has 37 heteroatoms. The number of aliphatic hydroxyl groups is 17. The van der Waals surface area contributed by atoms with E-state index < -0.39 is 0 Å². The fourth-order valence-corrected chi connectivity index (χ4v) is 0. The van der Waals surface area contributed by atoms with Gasteiger partial charge in [-0.1, -0.05) is 0 Å². The van der Waals surface area contributed by atoms with E-state index in [9.17, 15) is 0 Å². The number of aliphatic hydroxyl groups excluding tert-OH is 17. The molecule has 63 heavy (non-hydrogen) atoms. The van der Waals surface area contributed by atoms with Gasteiger partial charge < -0.3 is 149 Å². The van der Waals surface area contributed by atoms with Crippen LogP contribution in [0.2, 0.25) is 0 Å². The average molecular weight is 1330 g/mol. The standard InChI is InChI=1S/4C3H8O.13CH4O.CH3.10H2O.10Ti/c4*1-3(2)4;13*1-2;;;;;;;;;;;;;;;;;;;;;/h4*3-4H,1-2H3;13*2H,1H3;1H3;10*1H2;;;;;;;;;;/q;;;;;;;;;;;;;;;;;-1;;;;;;;;;;;;;;;;;;;;. The summed E-state index contributed by atoms with van der Waals surface area (Å²) >= 11 is 0. The summed E-state index contributed by atoms with van der Waals surface area (Å²) in [4.78, 5) is 0. The maximum absolute atomic E-state index is 8.06. The Hall–Kier alpha value is 6.06. The quantitative estimate of drug-likeness (QED) is 0.0791. The second-order valence-corrected chi connectivity index (χ2v) is 4.37. The van der Waals surface area contributed by atoms with Crippen molar-refractivity contribution in [2.24, 2.45) is 0 Å². The fourth-order valence-electron chi connectivity index (χ4n) is 0. The molecule has 0 amide bonds. The third-order valence-electron chi connectivity index (χ3n) is 0. The third-order valence-corrected chi connectivity index (χ3v) is 0. The Balaban J connectivity index is -0.00000000289. The van der Waals surface area contributed by atoms with Gasteiger partial charge in [-0.2, -0.15) is 0 Å². The largest absolute Gasteiger partial charge is 0.412 e. The van der Waals surface area contributed by atoms with Gasteiger partial charge in [0.05, 0.1) is 0 Å². The van der Waals surface area contributed by atoms with E-state index in [-0.39, 0.29) is 304 Å². The third kappa shape index (κ3) is 8080. The molecule has 0 aromatic heterocycles. The molecule has 0 saturated heterocycles. The van der Waals surface area contributed by atoms with E-state index in [1.54, 1.807) is 55.4 Å². The molecule has 0 spiro atoms. The predicted octanol–water partition coefficient (Wildman–Crippen LogP) is -11.4. The summed E-state index contributed by atoms with van der Waals surface area (Å²) in [6.07, 6.45) is -0.667. The molecule has 0 fully saturated rings. The molecular weight excluding hydrogens is 1220 g/mol. The van der Waals surface area contributed by atoms with Crippen LogP contribution in [0.4, 0.5) is 0 Å². The zero-order chi connectivity index (χ0) is 40.3. The maximum atomic E-state index is 8.06. The number of rotatable bonds is 0. The molecule has 0 atom stereocenters. The predicted molar refractivity (Wildman–Crippen MR) is 218 cm³/mol. The van der Waals surface area contributed by atoms with Crippen LogP contribution >= 0.6 is 0 Å². The first-order chi connectivity index (χ1) is 19.9. The Morgan fingerprint density at radius 1 is 0.159 bits per heavy atom. The van der Waals surface area contributed by atoms with E-state index in [4.69, 9.17) is 86.8 Å². The van der Waals surface area contributed by atoms with Crippen molar-refractivity contribution in [1.82, 2.24) is 0 Å². The van der Waals surface area contributed by atoms with Crippen LogP contribution in [0, 0.1) is 7.43 Å². The minimum atomic E-state index is -0.167. The van der Waals surface area contributed by atoms with Crippen molar-refractivity contribution in [2.75, 3.05) is 92.4 Å². The Morgan fingerprint density at radius 3 is 0.159 bits per heavy atom. The summed E-state index contributed by atoms with van der Waals surface area (Å²) in [6.45, 7) is 13.8. The number of hydrogen-bond acceptors (Lipinski definition) is 17. The molecule has 0 bridgehead atoms. The van der Waals surface area contributed by atoms with Gasteiger partial charge in [0.25, 0.3) is 0 Å². The van der Waals surface area contributed by atoms with E-state index in [1.165, 1.54) is 0 Å². The normalized spacial score (nSPS) is 3.52. The van der Waals surface area contributed by atoms with Crippen molar-refractivity contribution >= 4 is 0 Å². The van der Waals surface area contributed by atoms with Crippen molar-refractivity contribution in [2.45, 2.75) is 79.8 Å². The zero-order valence-corrected chi connectivity index (χ0v) is 57.5. The molecule has 0 aromatic rings. The van der Waals surface area contributed by atoms with Crippen LogP contribution in [-0.2, 0) is 217 Å². The monoisotopic (exact) mass is 1330 g/mol. The van der Waals surface area contributed by atoms with E-state index in [0.717, 1.165) is 92.4 Å². The molecule has 0 aromatic carbocycles. The van der Waals surface area contributed by atoms with E-state index in [2.05, 4.69) is 0 Å². The van der Waals surface area contributed by atoms with Gasteiger partial charge in [-0.05, 0) is 55.4 Å². The van der Waals surface area contributed by atoms with Gasteiger partial charge in [0.2, 0.25) is 0 Å². The van der Waals surface area contributed by atoms with Gasteiger partial charge in [-0.25, -0.2) is 0 Å². The van der Waals surface area contributed by atoms with Crippen molar-refractivity contribution < 1.29 is 359 Å². The summed E-state index contributed by atoms with van der Waals surface area (Å²) in [5, 5.41) is 123. The Morgan fingerprint density at radius 2 is 0.159 bits per heavy atom. The van der Waals surface area contributed by atoms with Crippen molar-refractivity contribution in [3.05, 3.63) is 7.43 Å². The van der Waals surface area contributed by atoms with Crippen LogP contribution in [0.1, 0.15) is 55.4 Å². The first kappa shape index (κ1) is 332. The summed E-state index contributed by atoms with van der Waals surface area (Å²) in [7, 11) is 13.0.